The Morgan fingerprint density at radius 2 is 0.941 bits per heavy atom. The molecule has 3 heteroatoms. The average molecular weight is 421 g/mol. The van der Waals surface area contributed by atoms with Crippen molar-refractivity contribution in [1.82, 2.24) is 0 Å². The molecule has 0 unspecified atom stereocenters. The summed E-state index contributed by atoms with van der Waals surface area (Å²) in [6, 6.07) is 0.785. The standard InChI is InChI=1S/2C7H14N.Au/c2*1-6-4-2-3-5-7(6)8;/h2*6-7H,1-5,8H2;/q2*+1;/t2*6-,7-;/m11./s1. The Hall–Kier alpha value is 0.400. The van der Waals surface area contributed by atoms with E-state index < -0.39 is 0 Å². The van der Waals surface area contributed by atoms with E-state index in [9.17, 15) is 0 Å². The van der Waals surface area contributed by atoms with E-state index in [0.717, 1.165) is 0 Å². The van der Waals surface area contributed by atoms with E-state index in [1.807, 2.05) is 0 Å². The van der Waals surface area contributed by atoms with E-state index in [1.165, 1.54) is 51.4 Å². The number of hydrogen-bond donors (Lipinski definition) is 2. The van der Waals surface area contributed by atoms with Crippen LogP contribution in [0.25, 0.3) is 0 Å². The van der Waals surface area contributed by atoms with Crippen LogP contribution < -0.4 is 11.5 Å². The van der Waals surface area contributed by atoms with Gasteiger partial charge in [-0.25, -0.2) is 0 Å². The van der Waals surface area contributed by atoms with Crippen LogP contribution in [0.3, 0.4) is 0 Å². The molecule has 0 aromatic carbocycles. The quantitative estimate of drug-likeness (QED) is 0.467. The maximum atomic E-state index is 5.72. The molecule has 2 aliphatic carbocycles. The first kappa shape index (κ1) is 17.4. The van der Waals surface area contributed by atoms with E-state index in [1.54, 1.807) is 0 Å². The van der Waals surface area contributed by atoms with Gasteiger partial charge in [-0.15, -0.1) is 0 Å². The predicted molar refractivity (Wildman–Crippen MR) is 70.6 cm³/mol. The maximum Gasteiger partial charge on any atom is 0.110 e. The van der Waals surface area contributed by atoms with Crippen molar-refractivity contribution < 1.29 is 22.4 Å². The van der Waals surface area contributed by atoms with E-state index in [-0.39, 0.29) is 22.4 Å². The molecule has 17 heavy (non-hydrogen) atoms. The minimum absolute atomic E-state index is 0. The average Bonchev–Trinajstić information content (AvgIpc) is 2.28. The minimum atomic E-state index is 0. The molecule has 4 N–H and O–H groups in total. The fourth-order valence-corrected chi connectivity index (χ4v) is 2.47. The molecule has 2 aliphatic rings. The largest absolute Gasteiger partial charge is 0.324 e. The van der Waals surface area contributed by atoms with Gasteiger partial charge in [-0.2, -0.15) is 0 Å². The molecule has 0 bridgehead atoms. The molecule has 0 aliphatic heterocycles. The molecule has 1 radical (unpaired) electrons. The molecule has 2 fully saturated rings. The van der Waals surface area contributed by atoms with E-state index >= 15 is 0 Å². The van der Waals surface area contributed by atoms with Crippen LogP contribution in [0.4, 0.5) is 0 Å². The Morgan fingerprint density at radius 1 is 0.647 bits per heavy atom. The summed E-state index contributed by atoms with van der Waals surface area (Å²) < 4.78 is 0. The smallest absolute Gasteiger partial charge is 0.110 e. The van der Waals surface area contributed by atoms with Crippen molar-refractivity contribution in [3.63, 3.8) is 0 Å². The van der Waals surface area contributed by atoms with Gasteiger partial charge >= 0.3 is 0 Å². The van der Waals surface area contributed by atoms with Gasteiger partial charge in [0.05, 0.1) is 13.8 Å². The van der Waals surface area contributed by atoms with Crippen LogP contribution in [0, 0.1) is 25.7 Å². The molecule has 2 nitrogen and oxygen atoms in total. The van der Waals surface area contributed by atoms with Gasteiger partial charge in [0, 0.05) is 34.5 Å². The molecule has 2 rings (SSSR count). The molecule has 0 aromatic rings. The third-order valence-electron chi connectivity index (χ3n) is 3.94. The van der Waals surface area contributed by atoms with Crippen molar-refractivity contribution in [1.29, 1.82) is 0 Å². The zero-order valence-corrected chi connectivity index (χ0v) is 13.0. The van der Waals surface area contributed by atoms with Crippen molar-refractivity contribution in [2.75, 3.05) is 0 Å². The van der Waals surface area contributed by atoms with Gasteiger partial charge in [0.2, 0.25) is 0 Å². The molecule has 0 aromatic heterocycles. The maximum absolute atomic E-state index is 5.72. The van der Waals surface area contributed by atoms with Gasteiger partial charge in [-0.1, -0.05) is 12.8 Å². The number of hydrogen-bond acceptors (Lipinski definition) is 2. The molecular weight excluding hydrogens is 393 g/mol. The summed E-state index contributed by atoms with van der Waals surface area (Å²) >= 11 is 0. The van der Waals surface area contributed by atoms with Crippen molar-refractivity contribution in [2.45, 2.75) is 63.5 Å². The van der Waals surface area contributed by atoms with Crippen molar-refractivity contribution in [2.24, 2.45) is 23.3 Å². The van der Waals surface area contributed by atoms with Crippen LogP contribution in [0.5, 0.6) is 0 Å². The van der Waals surface area contributed by atoms with Crippen LogP contribution in [-0.4, -0.2) is 12.1 Å². The Balaban J connectivity index is 0.000000284. The Labute approximate surface area is 123 Å². The van der Waals surface area contributed by atoms with Crippen LogP contribution >= 0.6 is 0 Å². The first-order valence-electron chi connectivity index (χ1n) is 6.78. The van der Waals surface area contributed by atoms with E-state index in [2.05, 4.69) is 13.8 Å². The Bertz CT molecular complexity index is 147. The van der Waals surface area contributed by atoms with Crippen molar-refractivity contribution in [3.8, 4) is 0 Å². The Morgan fingerprint density at radius 3 is 1.12 bits per heavy atom. The number of rotatable bonds is 0. The summed E-state index contributed by atoms with van der Waals surface area (Å²) in [6.07, 6.45) is 10.1. The fraction of sp³-hybridized carbons (Fsp3) is 0.857. The summed E-state index contributed by atoms with van der Waals surface area (Å²) in [4.78, 5) is 0. The summed E-state index contributed by atoms with van der Waals surface area (Å²) in [5, 5.41) is 0. The molecular formula is C14H28AuN2+2. The normalized spacial score (nSPS) is 37.3. The van der Waals surface area contributed by atoms with Crippen LogP contribution in [0.1, 0.15) is 51.4 Å². The van der Waals surface area contributed by atoms with Gasteiger partial charge in [0.25, 0.3) is 0 Å². The van der Waals surface area contributed by atoms with Gasteiger partial charge in [-0.05, 0) is 38.5 Å². The molecule has 0 spiro atoms. The van der Waals surface area contributed by atoms with E-state index in [4.69, 9.17) is 11.5 Å². The Kier molecular flexibility index (Phi) is 9.57. The monoisotopic (exact) mass is 421 g/mol. The summed E-state index contributed by atoms with van der Waals surface area (Å²) in [5.74, 6) is 1.06. The first-order chi connectivity index (χ1) is 7.61. The van der Waals surface area contributed by atoms with Crippen LogP contribution in [0.15, 0.2) is 0 Å². The van der Waals surface area contributed by atoms with Gasteiger partial charge in [0.15, 0.2) is 0 Å². The predicted octanol–water partition coefficient (Wildman–Crippen LogP) is 2.67. The number of nitrogens with two attached hydrogens (primary N) is 2. The SMILES string of the molecule is [Au].[CH2+][C@@H]1CCCC[C@H]1N.[CH2+][C@@H]1CCCC[C@H]1N. The second kappa shape index (κ2) is 9.35. The molecule has 103 valence electrons. The molecule has 0 amide bonds. The van der Waals surface area contributed by atoms with Gasteiger partial charge < -0.3 is 11.5 Å². The molecule has 4 atom stereocenters. The van der Waals surface area contributed by atoms with Gasteiger partial charge in [0.1, 0.15) is 11.8 Å². The summed E-state index contributed by atoms with van der Waals surface area (Å²) in [7, 11) is 0. The summed E-state index contributed by atoms with van der Waals surface area (Å²) in [6.45, 7) is 7.91. The minimum Gasteiger partial charge on any atom is -0.324 e. The third kappa shape index (κ3) is 6.78. The van der Waals surface area contributed by atoms with Crippen molar-refractivity contribution in [3.05, 3.63) is 13.8 Å². The third-order valence-corrected chi connectivity index (χ3v) is 3.94. The molecule has 0 heterocycles. The zero-order valence-electron chi connectivity index (χ0n) is 10.8. The molecule has 2 saturated carbocycles. The topological polar surface area (TPSA) is 52.0 Å². The first-order valence-corrected chi connectivity index (χ1v) is 6.78. The second-order valence-electron chi connectivity index (χ2n) is 5.42. The zero-order chi connectivity index (χ0) is 12.0. The summed E-state index contributed by atoms with van der Waals surface area (Å²) in [5.41, 5.74) is 11.4. The van der Waals surface area contributed by atoms with Gasteiger partial charge in [-0.3, -0.25) is 0 Å². The fourth-order valence-electron chi connectivity index (χ4n) is 2.47. The van der Waals surface area contributed by atoms with Crippen LogP contribution in [0.2, 0.25) is 0 Å². The second-order valence-corrected chi connectivity index (χ2v) is 5.42. The van der Waals surface area contributed by atoms with Crippen molar-refractivity contribution >= 4 is 0 Å². The molecule has 0 saturated heterocycles. The van der Waals surface area contributed by atoms with Crippen LogP contribution in [-0.2, 0) is 22.4 Å². The van der Waals surface area contributed by atoms with E-state index in [0.29, 0.717) is 23.9 Å².